The Kier molecular flexibility index (Phi) is 6.07. The van der Waals surface area contributed by atoms with Crippen LogP contribution in [0.3, 0.4) is 0 Å². The molecule has 1 amide bonds. The van der Waals surface area contributed by atoms with Crippen LogP contribution < -0.4 is 21.2 Å². The Morgan fingerprint density at radius 1 is 1.21 bits per heavy atom. The minimum Gasteiger partial charge on any atom is -0.492 e. The summed E-state index contributed by atoms with van der Waals surface area (Å²) in [5, 5.41) is 2.18. The maximum Gasteiger partial charge on any atom is 0.258 e. The molecule has 3 saturated heterocycles. The van der Waals surface area contributed by atoms with Gasteiger partial charge in [0.15, 0.2) is 0 Å². The highest BCUT2D eigenvalue weighted by Gasteiger charge is 2.44. The van der Waals surface area contributed by atoms with Crippen LogP contribution in [-0.4, -0.2) is 65.3 Å². The van der Waals surface area contributed by atoms with Gasteiger partial charge in [0.25, 0.3) is 5.91 Å². The van der Waals surface area contributed by atoms with Gasteiger partial charge in [0.1, 0.15) is 23.6 Å². The van der Waals surface area contributed by atoms with E-state index in [4.69, 9.17) is 21.3 Å². The number of rotatable bonds is 5. The molecule has 7 rings (SSSR count). The Labute approximate surface area is 230 Å². The minimum atomic E-state index is -0.575. The molecule has 2 aromatic rings. The van der Waals surface area contributed by atoms with E-state index < -0.39 is 5.82 Å². The first-order chi connectivity index (χ1) is 19.0. The van der Waals surface area contributed by atoms with E-state index in [1.54, 1.807) is 6.07 Å². The quantitative estimate of drug-likeness (QED) is 0.525. The van der Waals surface area contributed by atoms with Gasteiger partial charge in [-0.1, -0.05) is 17.7 Å². The maximum atomic E-state index is 14.5. The second-order valence-electron chi connectivity index (χ2n) is 10.3. The number of carbonyl (C=O) groups is 1. The van der Waals surface area contributed by atoms with Gasteiger partial charge in [0.05, 0.1) is 41.2 Å². The van der Waals surface area contributed by atoms with Gasteiger partial charge in [-0.15, -0.1) is 0 Å². The number of fused-ring (bicyclic) bond motifs is 4. The molecule has 1 aromatic carbocycles. The summed E-state index contributed by atoms with van der Waals surface area (Å²) in [6, 6.07) is 8.47. The van der Waals surface area contributed by atoms with Crippen molar-refractivity contribution >= 4 is 28.9 Å². The molecule has 5 aliphatic heterocycles. The topological polar surface area (TPSA) is 85.0 Å². The molecule has 3 atom stereocenters. The number of pyridine rings is 1. The number of nitrogens with zero attached hydrogens (tertiary/aromatic N) is 4. The number of ether oxygens (including phenoxy) is 1. The summed E-state index contributed by atoms with van der Waals surface area (Å²) in [5.74, 6) is 0.751. The fraction of sp³-hybridized carbons (Fsp3) is 0.357. The molecule has 0 aliphatic carbocycles. The van der Waals surface area contributed by atoms with Crippen LogP contribution in [-0.2, 0) is 4.74 Å². The van der Waals surface area contributed by atoms with E-state index in [-0.39, 0.29) is 34.7 Å². The molecule has 3 fully saturated rings. The molecule has 3 unspecified atom stereocenters. The Bertz CT molecular complexity index is 1390. The highest BCUT2D eigenvalue weighted by atomic mass is 35.5. The first-order valence-electron chi connectivity index (χ1n) is 13.3. The zero-order valence-electron chi connectivity index (χ0n) is 21.5. The number of hydrogen-bond donors (Lipinski definition) is 3. The third kappa shape index (κ3) is 4.10. The number of benzene rings is 1. The van der Waals surface area contributed by atoms with Gasteiger partial charge in [-0.2, -0.15) is 0 Å². The van der Waals surface area contributed by atoms with Gasteiger partial charge < -0.3 is 14.5 Å². The second-order valence-corrected chi connectivity index (χ2v) is 10.7. The molecule has 5 aliphatic rings. The van der Waals surface area contributed by atoms with Crippen molar-refractivity contribution in [1.29, 1.82) is 0 Å². The zero-order valence-corrected chi connectivity index (χ0v) is 22.2. The van der Waals surface area contributed by atoms with Crippen LogP contribution in [0.25, 0.3) is 5.57 Å². The number of anilines is 1. The van der Waals surface area contributed by atoms with Crippen molar-refractivity contribution in [1.82, 2.24) is 31.2 Å². The Hall–Kier alpha value is -3.44. The van der Waals surface area contributed by atoms with Gasteiger partial charge in [0, 0.05) is 42.5 Å². The number of aromatic nitrogens is 1. The van der Waals surface area contributed by atoms with Gasteiger partial charge in [0.2, 0.25) is 0 Å². The Balaban J connectivity index is 1.13. The minimum absolute atomic E-state index is 0.0160. The predicted molar refractivity (Wildman–Crippen MR) is 145 cm³/mol. The van der Waals surface area contributed by atoms with E-state index >= 15 is 0 Å². The summed E-state index contributed by atoms with van der Waals surface area (Å²) in [7, 11) is 0. The van der Waals surface area contributed by atoms with Crippen molar-refractivity contribution in [3.8, 4) is 0 Å². The van der Waals surface area contributed by atoms with Crippen molar-refractivity contribution in [3.05, 3.63) is 87.8 Å². The summed E-state index contributed by atoms with van der Waals surface area (Å²) in [6.45, 7) is 4.59. The molecule has 3 N–H and O–H groups in total. The zero-order chi connectivity index (χ0) is 26.7. The number of carbonyl (C=O) groups excluding carboxylic acids is 1. The molecule has 202 valence electrons. The van der Waals surface area contributed by atoms with Crippen LogP contribution in [0.15, 0.2) is 65.8 Å². The highest BCUT2D eigenvalue weighted by molar-refractivity contribution is 6.33. The lowest BCUT2D eigenvalue weighted by molar-refractivity contribution is 0.0636. The molecular formula is C28H29ClFN7O2. The average molecular weight is 550 g/mol. The summed E-state index contributed by atoms with van der Waals surface area (Å²) in [5.41, 5.74) is 14.3. The number of halogens is 2. The normalized spacial score (nSPS) is 25.5. The Morgan fingerprint density at radius 3 is 2.74 bits per heavy atom. The lowest BCUT2D eigenvalue weighted by atomic mass is 9.98. The van der Waals surface area contributed by atoms with Crippen LogP contribution >= 0.6 is 11.6 Å². The monoisotopic (exact) mass is 549 g/mol. The highest BCUT2D eigenvalue weighted by Crippen LogP contribution is 2.39. The van der Waals surface area contributed by atoms with Crippen molar-refractivity contribution < 1.29 is 13.9 Å². The smallest absolute Gasteiger partial charge is 0.258 e. The molecule has 2 bridgehead atoms. The van der Waals surface area contributed by atoms with E-state index in [9.17, 15) is 9.18 Å². The number of allylic oxidation sites excluding steroid dienone is 2. The number of nitrogens with one attached hydrogen (secondary N) is 3. The van der Waals surface area contributed by atoms with Crippen molar-refractivity contribution in [2.24, 2.45) is 0 Å². The van der Waals surface area contributed by atoms with Crippen molar-refractivity contribution in [2.45, 2.75) is 38.0 Å². The van der Waals surface area contributed by atoms with Crippen molar-refractivity contribution in [2.75, 3.05) is 31.1 Å². The number of amides is 1. The average Bonchev–Trinajstić information content (AvgIpc) is 3.59. The fourth-order valence-corrected chi connectivity index (χ4v) is 6.60. The summed E-state index contributed by atoms with van der Waals surface area (Å²) >= 11 is 6.21. The predicted octanol–water partition coefficient (Wildman–Crippen LogP) is 3.15. The first-order valence-corrected chi connectivity index (χ1v) is 13.7. The molecule has 0 spiro atoms. The number of hydrazine groups is 2. The molecule has 0 radical (unpaired) electrons. The standard InChI is InChI=1S/C28H29ClFN7O2/c1-2-39-19-10-20(26-21-12-32-33-27(21)34-36(26)15-19)16-6-9-24(31-11-16)35-13-17-7-8-18(14-35)37(17)28(38)25-22(29)4-3-5-23(25)30/h3-6,9-11,15,17-18,27,32-34H,2,7-8,12-14H2,1H3. The first kappa shape index (κ1) is 24.6. The largest absolute Gasteiger partial charge is 0.492 e. The van der Waals surface area contributed by atoms with E-state index in [0.717, 1.165) is 47.8 Å². The van der Waals surface area contributed by atoms with E-state index in [1.165, 1.54) is 17.7 Å². The van der Waals surface area contributed by atoms with E-state index in [2.05, 4.69) is 33.3 Å². The number of hydrogen-bond acceptors (Lipinski definition) is 8. The maximum absolute atomic E-state index is 14.5. The van der Waals surface area contributed by atoms with Crippen LogP contribution in [0.4, 0.5) is 10.2 Å². The molecule has 6 heterocycles. The SMILES string of the molecule is CCOC1=CN2NC3NNCC3=C2C(c2ccc(N3CC4CCC(C3)N4C(=O)c3c(F)cccc3Cl)nc2)=C1. The van der Waals surface area contributed by atoms with Gasteiger partial charge in [-0.3, -0.25) is 15.2 Å². The van der Waals surface area contributed by atoms with Gasteiger partial charge in [-0.05, 0) is 50.1 Å². The molecule has 11 heteroatoms. The van der Waals surface area contributed by atoms with E-state index in [0.29, 0.717) is 19.7 Å². The summed E-state index contributed by atoms with van der Waals surface area (Å²) in [6.07, 6.45) is 7.73. The summed E-state index contributed by atoms with van der Waals surface area (Å²) in [4.78, 5) is 22.2. The van der Waals surface area contributed by atoms with Crippen LogP contribution in [0.5, 0.6) is 0 Å². The van der Waals surface area contributed by atoms with Crippen LogP contribution in [0, 0.1) is 5.82 Å². The van der Waals surface area contributed by atoms with Gasteiger partial charge >= 0.3 is 0 Å². The number of piperazine rings is 1. The van der Waals surface area contributed by atoms with Crippen molar-refractivity contribution in [3.63, 3.8) is 0 Å². The third-order valence-corrected chi connectivity index (χ3v) is 8.39. The lowest BCUT2D eigenvalue weighted by Crippen LogP contribution is -2.56. The molecule has 39 heavy (non-hydrogen) atoms. The molecular weight excluding hydrogens is 521 g/mol. The fourth-order valence-electron chi connectivity index (χ4n) is 6.36. The van der Waals surface area contributed by atoms with Crippen LogP contribution in [0.2, 0.25) is 5.02 Å². The molecule has 0 saturated carbocycles. The van der Waals surface area contributed by atoms with Crippen LogP contribution in [0.1, 0.15) is 35.7 Å². The lowest BCUT2D eigenvalue weighted by Gasteiger charge is -2.41. The second kappa shape index (κ2) is 9.63. The molecule has 1 aromatic heterocycles. The Morgan fingerprint density at radius 2 is 2.03 bits per heavy atom. The summed E-state index contributed by atoms with van der Waals surface area (Å²) < 4.78 is 20.3. The van der Waals surface area contributed by atoms with E-state index in [1.807, 2.05) is 35.3 Å². The molecule has 9 nitrogen and oxygen atoms in total. The van der Waals surface area contributed by atoms with Gasteiger partial charge in [-0.25, -0.2) is 20.2 Å². The third-order valence-electron chi connectivity index (χ3n) is 8.07.